The van der Waals surface area contributed by atoms with E-state index in [0.717, 1.165) is 30.1 Å². The highest BCUT2D eigenvalue weighted by Gasteiger charge is 2.35. The quantitative estimate of drug-likeness (QED) is 0.841. The number of hydrogen-bond donors (Lipinski definition) is 0. The molecule has 0 spiro atoms. The summed E-state index contributed by atoms with van der Waals surface area (Å²) >= 11 is 0. The Labute approximate surface area is 154 Å². The van der Waals surface area contributed by atoms with E-state index in [0.29, 0.717) is 13.1 Å². The summed E-state index contributed by atoms with van der Waals surface area (Å²) < 4.78 is 18.6. The minimum atomic E-state index is -0.680. The van der Waals surface area contributed by atoms with Crippen LogP contribution in [0.15, 0.2) is 48.5 Å². The number of piperazine rings is 1. The Balaban J connectivity index is 1.69. The van der Waals surface area contributed by atoms with Gasteiger partial charge in [-0.2, -0.15) is 0 Å². The summed E-state index contributed by atoms with van der Waals surface area (Å²) in [4.78, 5) is 17.2. The number of rotatable bonds is 4. The zero-order chi connectivity index (χ0) is 18.7. The van der Waals surface area contributed by atoms with Crippen molar-refractivity contribution >= 4 is 11.6 Å². The topological polar surface area (TPSA) is 32.8 Å². The minimum Gasteiger partial charge on any atom is -0.495 e. The van der Waals surface area contributed by atoms with Gasteiger partial charge in [-0.05, 0) is 43.7 Å². The van der Waals surface area contributed by atoms with E-state index in [2.05, 4.69) is 4.90 Å². The zero-order valence-corrected chi connectivity index (χ0v) is 15.5. The van der Waals surface area contributed by atoms with E-state index in [9.17, 15) is 9.18 Å². The first-order valence-corrected chi connectivity index (χ1v) is 8.87. The summed E-state index contributed by atoms with van der Waals surface area (Å²) in [7, 11) is 1.67. The molecular formula is C21H25FN2O2. The summed E-state index contributed by atoms with van der Waals surface area (Å²) in [6, 6.07) is 14.1. The summed E-state index contributed by atoms with van der Waals surface area (Å²) in [6.45, 7) is 6.62. The summed E-state index contributed by atoms with van der Waals surface area (Å²) in [5.74, 6) is 0.630. The average Bonchev–Trinajstić information content (AvgIpc) is 2.68. The molecule has 1 fully saturated rings. The van der Waals surface area contributed by atoms with E-state index in [1.165, 1.54) is 12.1 Å². The van der Waals surface area contributed by atoms with Gasteiger partial charge in [0.05, 0.1) is 18.2 Å². The molecule has 0 saturated carbocycles. The van der Waals surface area contributed by atoms with E-state index in [4.69, 9.17) is 4.74 Å². The number of nitrogens with zero attached hydrogens (tertiary/aromatic N) is 2. The number of ether oxygens (including phenoxy) is 1. The van der Waals surface area contributed by atoms with Gasteiger partial charge in [0.1, 0.15) is 11.6 Å². The SMILES string of the molecule is COc1ccccc1N1CCN(C(=O)C(C)(C)c2ccc(F)cc2)CC1. The Kier molecular flexibility index (Phi) is 5.16. The Bertz CT molecular complexity index is 766. The maximum atomic E-state index is 13.2. The van der Waals surface area contributed by atoms with Crippen LogP contribution in [0.2, 0.25) is 0 Å². The molecule has 0 unspecified atom stereocenters. The second-order valence-corrected chi connectivity index (χ2v) is 7.08. The van der Waals surface area contributed by atoms with Gasteiger partial charge in [-0.15, -0.1) is 0 Å². The van der Waals surface area contributed by atoms with Gasteiger partial charge in [0, 0.05) is 26.2 Å². The molecule has 0 bridgehead atoms. The number of hydrogen-bond acceptors (Lipinski definition) is 3. The number of halogens is 1. The van der Waals surface area contributed by atoms with Gasteiger partial charge < -0.3 is 14.5 Å². The Morgan fingerprint density at radius 2 is 1.62 bits per heavy atom. The first-order chi connectivity index (χ1) is 12.4. The van der Waals surface area contributed by atoms with Gasteiger partial charge in [-0.25, -0.2) is 4.39 Å². The molecule has 1 amide bonds. The maximum Gasteiger partial charge on any atom is 0.232 e. The predicted octanol–water partition coefficient (Wildman–Crippen LogP) is 3.46. The standard InChI is InChI=1S/C21H25FN2O2/c1-21(2,16-8-10-17(22)11-9-16)20(25)24-14-12-23(13-15-24)18-6-4-5-7-19(18)26-3/h4-11H,12-15H2,1-3H3. The molecule has 1 aliphatic rings. The molecule has 4 nitrogen and oxygen atoms in total. The number of methoxy groups -OCH3 is 1. The second-order valence-electron chi connectivity index (χ2n) is 7.08. The van der Waals surface area contributed by atoms with Crippen molar-refractivity contribution in [3.63, 3.8) is 0 Å². The molecule has 1 saturated heterocycles. The molecule has 0 aliphatic carbocycles. The van der Waals surface area contributed by atoms with Crippen molar-refractivity contribution in [1.29, 1.82) is 0 Å². The van der Waals surface area contributed by atoms with E-state index in [1.807, 2.05) is 43.0 Å². The Morgan fingerprint density at radius 1 is 1.00 bits per heavy atom. The fourth-order valence-corrected chi connectivity index (χ4v) is 3.43. The van der Waals surface area contributed by atoms with Crippen molar-refractivity contribution in [3.8, 4) is 5.75 Å². The lowest BCUT2D eigenvalue weighted by molar-refractivity contribution is -0.136. The molecule has 1 heterocycles. The number of carbonyl (C=O) groups excluding carboxylic acids is 1. The van der Waals surface area contributed by atoms with Crippen LogP contribution in [0.4, 0.5) is 10.1 Å². The Morgan fingerprint density at radius 3 is 2.23 bits per heavy atom. The third-order valence-corrected chi connectivity index (χ3v) is 5.09. The van der Waals surface area contributed by atoms with Gasteiger partial charge in [-0.1, -0.05) is 24.3 Å². The number of para-hydroxylation sites is 2. The fraction of sp³-hybridized carbons (Fsp3) is 0.381. The monoisotopic (exact) mass is 356 g/mol. The third-order valence-electron chi connectivity index (χ3n) is 5.09. The molecule has 2 aromatic rings. The van der Waals surface area contributed by atoms with Crippen LogP contribution in [0.1, 0.15) is 19.4 Å². The smallest absolute Gasteiger partial charge is 0.232 e. The number of anilines is 1. The predicted molar refractivity (Wildman–Crippen MR) is 101 cm³/mol. The van der Waals surface area contributed by atoms with Gasteiger partial charge in [0.25, 0.3) is 0 Å². The van der Waals surface area contributed by atoms with Crippen LogP contribution in [-0.2, 0) is 10.2 Å². The molecule has 5 heteroatoms. The van der Waals surface area contributed by atoms with Crippen molar-refractivity contribution < 1.29 is 13.9 Å². The van der Waals surface area contributed by atoms with Gasteiger partial charge >= 0.3 is 0 Å². The molecule has 0 atom stereocenters. The van der Waals surface area contributed by atoms with Gasteiger partial charge in [0.2, 0.25) is 5.91 Å². The molecule has 0 aromatic heterocycles. The molecule has 2 aromatic carbocycles. The summed E-state index contributed by atoms with van der Waals surface area (Å²) in [5, 5.41) is 0. The van der Waals surface area contributed by atoms with Crippen molar-refractivity contribution in [3.05, 3.63) is 59.9 Å². The van der Waals surface area contributed by atoms with Crippen molar-refractivity contribution in [2.75, 3.05) is 38.2 Å². The molecule has 138 valence electrons. The molecule has 0 radical (unpaired) electrons. The van der Waals surface area contributed by atoms with Crippen molar-refractivity contribution in [2.45, 2.75) is 19.3 Å². The number of benzene rings is 2. The van der Waals surface area contributed by atoms with Crippen LogP contribution in [-0.4, -0.2) is 44.1 Å². The first kappa shape index (κ1) is 18.2. The normalized spacial score (nSPS) is 15.1. The first-order valence-electron chi connectivity index (χ1n) is 8.87. The van der Waals surface area contributed by atoms with E-state index in [1.54, 1.807) is 19.2 Å². The van der Waals surface area contributed by atoms with Crippen molar-refractivity contribution in [2.24, 2.45) is 0 Å². The largest absolute Gasteiger partial charge is 0.495 e. The van der Waals surface area contributed by atoms with Gasteiger partial charge in [-0.3, -0.25) is 4.79 Å². The lowest BCUT2D eigenvalue weighted by Crippen LogP contribution is -2.53. The van der Waals surface area contributed by atoms with Crippen LogP contribution in [0, 0.1) is 5.82 Å². The molecule has 26 heavy (non-hydrogen) atoms. The van der Waals surface area contributed by atoms with E-state index in [-0.39, 0.29) is 11.7 Å². The highest BCUT2D eigenvalue weighted by Crippen LogP contribution is 2.30. The fourth-order valence-electron chi connectivity index (χ4n) is 3.43. The van der Waals surface area contributed by atoms with Crippen LogP contribution in [0.25, 0.3) is 0 Å². The highest BCUT2D eigenvalue weighted by atomic mass is 19.1. The average molecular weight is 356 g/mol. The van der Waals surface area contributed by atoms with Crippen LogP contribution in [0.3, 0.4) is 0 Å². The Hall–Kier alpha value is -2.56. The van der Waals surface area contributed by atoms with E-state index >= 15 is 0 Å². The third kappa shape index (κ3) is 3.52. The van der Waals surface area contributed by atoms with Crippen LogP contribution < -0.4 is 9.64 Å². The van der Waals surface area contributed by atoms with E-state index < -0.39 is 5.41 Å². The number of amides is 1. The molecule has 0 N–H and O–H groups in total. The highest BCUT2D eigenvalue weighted by molar-refractivity contribution is 5.87. The number of carbonyl (C=O) groups is 1. The summed E-state index contributed by atoms with van der Waals surface area (Å²) in [5.41, 5.74) is 1.20. The van der Waals surface area contributed by atoms with Crippen LogP contribution in [0.5, 0.6) is 5.75 Å². The molecular weight excluding hydrogens is 331 g/mol. The lowest BCUT2D eigenvalue weighted by Gasteiger charge is -2.40. The molecule has 3 rings (SSSR count). The van der Waals surface area contributed by atoms with Gasteiger partial charge in [0.15, 0.2) is 0 Å². The zero-order valence-electron chi connectivity index (χ0n) is 15.5. The summed E-state index contributed by atoms with van der Waals surface area (Å²) in [6.07, 6.45) is 0. The lowest BCUT2D eigenvalue weighted by atomic mass is 9.83. The minimum absolute atomic E-state index is 0.0729. The van der Waals surface area contributed by atoms with Crippen molar-refractivity contribution in [1.82, 2.24) is 4.90 Å². The van der Waals surface area contributed by atoms with Crippen LogP contribution >= 0.6 is 0 Å². The second kappa shape index (κ2) is 7.36. The maximum absolute atomic E-state index is 13.2. The molecule has 1 aliphatic heterocycles.